The third-order valence-corrected chi connectivity index (χ3v) is 6.07. The van der Waals surface area contributed by atoms with Crippen molar-refractivity contribution in [3.63, 3.8) is 0 Å². The van der Waals surface area contributed by atoms with Gasteiger partial charge in [0.15, 0.2) is 5.76 Å². The largest absolute Gasteiger partial charge is 0.508 e. The molecule has 0 atom stereocenters. The number of hydrogen-bond acceptors (Lipinski definition) is 7. The van der Waals surface area contributed by atoms with Crippen molar-refractivity contribution >= 4 is 28.7 Å². The third-order valence-electron chi connectivity index (χ3n) is 6.07. The Kier molecular flexibility index (Phi) is 5.63. The van der Waals surface area contributed by atoms with E-state index < -0.39 is 5.78 Å². The number of carbonyl (C=O) groups excluding carboxylic acids is 2. The van der Waals surface area contributed by atoms with Gasteiger partial charge in [-0.2, -0.15) is 0 Å². The number of phenols is 2. The van der Waals surface area contributed by atoms with E-state index in [0.29, 0.717) is 35.5 Å². The van der Waals surface area contributed by atoms with E-state index in [4.69, 9.17) is 9.47 Å². The number of aryl methyl sites for hydroxylation is 2. The maximum Gasteiger partial charge on any atom is 0.270 e. The summed E-state index contributed by atoms with van der Waals surface area (Å²) in [6.07, 6.45) is 6.74. The number of hydrogen-bond donors (Lipinski definition) is 2. The number of amides is 1. The Balaban J connectivity index is 1.72. The van der Waals surface area contributed by atoms with E-state index in [9.17, 15) is 19.8 Å². The molecule has 2 N–H and O–H groups in total. The lowest BCUT2D eigenvalue weighted by atomic mass is 10.1. The molecule has 1 aliphatic rings. The Morgan fingerprint density at radius 3 is 2.69 bits per heavy atom. The minimum Gasteiger partial charge on any atom is -0.508 e. The molecule has 0 bridgehead atoms. The molecule has 0 radical (unpaired) electrons. The molecule has 0 saturated carbocycles. The highest BCUT2D eigenvalue weighted by molar-refractivity contribution is 6.17. The van der Waals surface area contributed by atoms with E-state index in [2.05, 4.69) is 4.98 Å². The highest BCUT2D eigenvalue weighted by atomic mass is 16.5. The number of carbonyl (C=O) groups is 2. The van der Waals surface area contributed by atoms with Gasteiger partial charge in [0.1, 0.15) is 34.3 Å². The van der Waals surface area contributed by atoms with Crippen LogP contribution in [0.1, 0.15) is 26.4 Å². The maximum absolute atomic E-state index is 13.5. The van der Waals surface area contributed by atoms with Crippen molar-refractivity contribution in [3.8, 4) is 23.0 Å². The molecule has 2 aromatic carbocycles. The second-order valence-electron chi connectivity index (χ2n) is 8.57. The fourth-order valence-corrected chi connectivity index (χ4v) is 4.35. The van der Waals surface area contributed by atoms with E-state index in [1.807, 2.05) is 27.5 Å². The summed E-state index contributed by atoms with van der Waals surface area (Å²) in [5.74, 6) is -0.862. The number of benzene rings is 2. The van der Waals surface area contributed by atoms with Gasteiger partial charge < -0.3 is 33.7 Å². The van der Waals surface area contributed by atoms with E-state index in [1.165, 1.54) is 17.0 Å². The van der Waals surface area contributed by atoms with Crippen LogP contribution in [0.3, 0.4) is 0 Å². The third kappa shape index (κ3) is 3.82. The number of phenolic OH excluding ortho intramolecular Hbond substituents is 2. The van der Waals surface area contributed by atoms with Gasteiger partial charge in [0, 0.05) is 68.2 Å². The first-order valence-electron chi connectivity index (χ1n) is 11.2. The lowest BCUT2D eigenvalue weighted by Gasteiger charge is -2.15. The minimum absolute atomic E-state index is 0.0408. The first kappa shape index (κ1) is 23.0. The zero-order chi connectivity index (χ0) is 25.6. The van der Waals surface area contributed by atoms with Gasteiger partial charge in [-0.15, -0.1) is 0 Å². The molecule has 184 valence electrons. The number of rotatable bonds is 6. The quantitative estimate of drug-likeness (QED) is 0.400. The van der Waals surface area contributed by atoms with Crippen LogP contribution >= 0.6 is 0 Å². The lowest BCUT2D eigenvalue weighted by molar-refractivity contribution is 0.0816. The maximum atomic E-state index is 13.5. The molecule has 0 aliphatic carbocycles. The van der Waals surface area contributed by atoms with Crippen LogP contribution in [0.2, 0.25) is 0 Å². The van der Waals surface area contributed by atoms with Crippen molar-refractivity contribution in [3.05, 3.63) is 71.6 Å². The van der Waals surface area contributed by atoms with Crippen molar-refractivity contribution in [2.75, 3.05) is 21.2 Å². The SMILES string of the molecule is COc1ccc2c(c1)c(/C=C1\Oc3cc(O)cc(O)c3C1=O)c(C(=O)N(C)C)n2CCn1ccnc1. The molecule has 3 heterocycles. The average molecular weight is 489 g/mol. The molecule has 0 unspecified atom stereocenters. The van der Waals surface area contributed by atoms with E-state index in [0.717, 1.165) is 11.6 Å². The van der Waals surface area contributed by atoms with Gasteiger partial charge in [-0.25, -0.2) is 4.98 Å². The number of aromatic nitrogens is 3. The monoisotopic (exact) mass is 488 g/mol. The molecule has 5 rings (SSSR count). The standard InChI is InChI=1S/C26H24N4O6/c1-28(2)26(34)24-18(13-22-25(33)23-20(32)10-15(31)11-21(23)36-22)17-12-16(35-3)4-5-19(17)30(24)9-8-29-7-6-27-14-29/h4-7,10-14,31-32H,8-9H2,1-3H3/b22-13-. The smallest absolute Gasteiger partial charge is 0.270 e. The van der Waals surface area contributed by atoms with Crippen LogP contribution in [0.5, 0.6) is 23.0 Å². The molecular weight excluding hydrogens is 464 g/mol. The van der Waals surface area contributed by atoms with Crippen molar-refractivity contribution < 1.29 is 29.3 Å². The first-order chi connectivity index (χ1) is 17.3. The van der Waals surface area contributed by atoms with Gasteiger partial charge in [0.25, 0.3) is 5.91 Å². The number of imidazole rings is 1. The Bertz CT molecular complexity index is 1530. The van der Waals surface area contributed by atoms with E-state index in [1.54, 1.807) is 39.8 Å². The van der Waals surface area contributed by atoms with Gasteiger partial charge in [-0.1, -0.05) is 0 Å². The predicted octanol–water partition coefficient (Wildman–Crippen LogP) is 3.28. The summed E-state index contributed by atoms with van der Waals surface area (Å²) >= 11 is 0. The highest BCUT2D eigenvalue weighted by Crippen LogP contribution is 2.41. The molecule has 4 aromatic rings. The molecular formula is C26H24N4O6. The first-order valence-corrected chi connectivity index (χ1v) is 11.2. The van der Waals surface area contributed by atoms with Crippen molar-refractivity contribution in [1.29, 1.82) is 0 Å². The predicted molar refractivity (Wildman–Crippen MR) is 131 cm³/mol. The molecule has 36 heavy (non-hydrogen) atoms. The number of ether oxygens (including phenoxy) is 2. The van der Waals surface area contributed by atoms with Crippen LogP contribution < -0.4 is 9.47 Å². The van der Waals surface area contributed by atoms with Gasteiger partial charge in [-0.05, 0) is 24.3 Å². The molecule has 0 spiro atoms. The second kappa shape index (κ2) is 8.81. The molecule has 10 heteroatoms. The number of aromatic hydroxyl groups is 2. The summed E-state index contributed by atoms with van der Waals surface area (Å²) < 4.78 is 15.0. The summed E-state index contributed by atoms with van der Waals surface area (Å²) in [5, 5.41) is 20.7. The Labute approximate surface area is 206 Å². The summed E-state index contributed by atoms with van der Waals surface area (Å²) in [6.45, 7) is 1.02. The molecule has 0 fully saturated rings. The van der Waals surface area contributed by atoms with Crippen molar-refractivity contribution in [1.82, 2.24) is 19.0 Å². The van der Waals surface area contributed by atoms with Gasteiger partial charge in [0.05, 0.1) is 13.4 Å². The fraction of sp³-hybridized carbons (Fsp3) is 0.192. The Morgan fingerprint density at radius 1 is 1.19 bits per heavy atom. The summed E-state index contributed by atoms with van der Waals surface area (Å²) in [7, 11) is 4.87. The number of fused-ring (bicyclic) bond motifs is 2. The van der Waals surface area contributed by atoms with Crippen LogP contribution in [0.25, 0.3) is 17.0 Å². The zero-order valence-corrected chi connectivity index (χ0v) is 19.9. The molecule has 1 aliphatic heterocycles. The topological polar surface area (TPSA) is 119 Å². The van der Waals surface area contributed by atoms with Gasteiger partial charge >= 0.3 is 0 Å². The zero-order valence-electron chi connectivity index (χ0n) is 19.9. The molecule has 0 saturated heterocycles. The summed E-state index contributed by atoms with van der Waals surface area (Å²) in [4.78, 5) is 32.1. The van der Waals surface area contributed by atoms with Gasteiger partial charge in [0.2, 0.25) is 5.78 Å². The van der Waals surface area contributed by atoms with Crippen LogP contribution in [0, 0.1) is 0 Å². The number of methoxy groups -OCH3 is 1. The van der Waals surface area contributed by atoms with Crippen LogP contribution in [0.4, 0.5) is 0 Å². The van der Waals surface area contributed by atoms with Crippen molar-refractivity contribution in [2.24, 2.45) is 0 Å². The minimum atomic E-state index is -0.548. The van der Waals surface area contributed by atoms with Crippen LogP contribution in [-0.4, -0.2) is 62.1 Å². The lowest BCUT2D eigenvalue weighted by Crippen LogP contribution is -2.26. The number of Topliss-reactive ketones (excluding diaryl/α,β-unsaturated/α-hetero) is 1. The summed E-state index contributed by atoms with van der Waals surface area (Å²) in [5.41, 5.74) is 1.58. The Hall–Kier alpha value is -4.73. The fourth-order valence-electron chi connectivity index (χ4n) is 4.35. The highest BCUT2D eigenvalue weighted by Gasteiger charge is 2.33. The normalized spacial score (nSPS) is 13.8. The number of allylic oxidation sites excluding steroid dienone is 1. The van der Waals surface area contributed by atoms with Gasteiger partial charge in [-0.3, -0.25) is 9.59 Å². The van der Waals surface area contributed by atoms with Crippen LogP contribution in [0.15, 0.2) is 54.8 Å². The van der Waals surface area contributed by atoms with E-state index in [-0.39, 0.29) is 34.5 Å². The average Bonchev–Trinajstić information content (AvgIpc) is 3.54. The second-order valence-corrected chi connectivity index (χ2v) is 8.57. The Morgan fingerprint density at radius 2 is 2.00 bits per heavy atom. The molecule has 1 amide bonds. The number of ketones is 1. The molecule has 2 aromatic heterocycles. The van der Waals surface area contributed by atoms with Crippen molar-refractivity contribution in [2.45, 2.75) is 13.1 Å². The number of nitrogens with zero attached hydrogens (tertiary/aromatic N) is 4. The van der Waals surface area contributed by atoms with Crippen LogP contribution in [-0.2, 0) is 13.1 Å². The molecule has 10 nitrogen and oxygen atoms in total. The summed E-state index contributed by atoms with van der Waals surface area (Å²) in [6, 6.07) is 7.82. The van der Waals surface area contributed by atoms with E-state index >= 15 is 0 Å².